The van der Waals surface area contributed by atoms with E-state index >= 15 is 0 Å². The highest BCUT2D eigenvalue weighted by atomic mass is 16.3. The van der Waals surface area contributed by atoms with E-state index in [0.717, 1.165) is 31.4 Å². The third-order valence-corrected chi connectivity index (χ3v) is 4.18. The van der Waals surface area contributed by atoms with Crippen molar-refractivity contribution in [1.29, 1.82) is 0 Å². The van der Waals surface area contributed by atoms with Gasteiger partial charge < -0.3 is 14.6 Å². The van der Waals surface area contributed by atoms with Gasteiger partial charge in [0.25, 0.3) is 0 Å². The molecule has 2 aliphatic rings. The van der Waals surface area contributed by atoms with Crippen LogP contribution in [0.2, 0.25) is 0 Å². The van der Waals surface area contributed by atoms with Crippen molar-refractivity contribution in [2.45, 2.75) is 38.6 Å². The zero-order valence-corrected chi connectivity index (χ0v) is 12.9. The van der Waals surface area contributed by atoms with Crippen LogP contribution in [0.15, 0.2) is 22.6 Å². The second-order valence-electron chi connectivity index (χ2n) is 6.19. The summed E-state index contributed by atoms with van der Waals surface area (Å²) in [5.41, 5.74) is 0. The van der Waals surface area contributed by atoms with Crippen LogP contribution in [0.5, 0.6) is 0 Å². The Hall–Kier alpha value is -2.04. The number of rotatable bonds is 4. The minimum Gasteiger partial charge on any atom is -0.462 e. The fourth-order valence-electron chi connectivity index (χ4n) is 2.74. The van der Waals surface area contributed by atoms with E-state index in [2.05, 4.69) is 5.32 Å². The number of piperidine rings is 1. The first-order chi connectivity index (χ1) is 10.6. The molecule has 0 aromatic carbocycles. The number of hydrogen-bond donors (Lipinski definition) is 1. The number of likely N-dealkylation sites (tertiary alicyclic amines) is 1. The minimum absolute atomic E-state index is 0.0574. The van der Waals surface area contributed by atoms with Crippen LogP contribution in [0.25, 0.3) is 6.08 Å². The summed E-state index contributed by atoms with van der Waals surface area (Å²) in [6.07, 6.45) is 7.13. The molecule has 1 saturated carbocycles. The number of hydrogen-bond acceptors (Lipinski definition) is 3. The molecule has 22 heavy (non-hydrogen) atoms. The molecule has 1 aromatic heterocycles. The summed E-state index contributed by atoms with van der Waals surface area (Å²) in [6.45, 7) is 3.10. The van der Waals surface area contributed by atoms with Gasteiger partial charge in [0.15, 0.2) is 0 Å². The van der Waals surface area contributed by atoms with Crippen molar-refractivity contribution in [3.8, 4) is 0 Å². The molecular formula is C17H22N2O3. The van der Waals surface area contributed by atoms with Gasteiger partial charge in [0.05, 0.1) is 5.92 Å². The van der Waals surface area contributed by atoms with Gasteiger partial charge in [0.1, 0.15) is 11.5 Å². The van der Waals surface area contributed by atoms with E-state index in [1.807, 2.05) is 19.1 Å². The molecule has 0 spiro atoms. The molecule has 1 unspecified atom stereocenters. The number of nitrogens with zero attached hydrogens (tertiary/aromatic N) is 1. The molecule has 3 rings (SSSR count). The number of aryl methyl sites for hydroxylation is 1. The van der Waals surface area contributed by atoms with Crippen LogP contribution in [0, 0.1) is 12.8 Å². The Morgan fingerprint density at radius 2 is 2.14 bits per heavy atom. The van der Waals surface area contributed by atoms with Gasteiger partial charge in [-0.15, -0.1) is 0 Å². The van der Waals surface area contributed by atoms with Gasteiger partial charge in [-0.3, -0.25) is 9.59 Å². The summed E-state index contributed by atoms with van der Waals surface area (Å²) in [6, 6.07) is 4.07. The highest BCUT2D eigenvalue weighted by molar-refractivity contribution is 5.92. The number of carbonyl (C=O) groups is 2. The zero-order valence-electron chi connectivity index (χ0n) is 12.9. The molecule has 5 nitrogen and oxygen atoms in total. The highest BCUT2D eigenvalue weighted by Crippen LogP contribution is 2.22. The molecule has 2 heterocycles. The summed E-state index contributed by atoms with van der Waals surface area (Å²) in [4.78, 5) is 26.1. The maximum atomic E-state index is 12.2. The molecule has 1 aliphatic carbocycles. The highest BCUT2D eigenvalue weighted by Gasteiger charge is 2.31. The Morgan fingerprint density at radius 3 is 2.82 bits per heavy atom. The molecule has 1 atom stereocenters. The Kier molecular flexibility index (Phi) is 4.32. The average Bonchev–Trinajstić information content (AvgIpc) is 3.24. The smallest absolute Gasteiger partial charge is 0.246 e. The second-order valence-corrected chi connectivity index (χ2v) is 6.19. The lowest BCUT2D eigenvalue weighted by atomic mass is 9.97. The molecule has 1 aliphatic heterocycles. The van der Waals surface area contributed by atoms with Crippen molar-refractivity contribution < 1.29 is 14.0 Å². The first-order valence-corrected chi connectivity index (χ1v) is 7.95. The van der Waals surface area contributed by atoms with Gasteiger partial charge in [-0.05, 0) is 50.8 Å². The lowest BCUT2D eigenvalue weighted by Crippen LogP contribution is -2.45. The number of amides is 2. The molecule has 1 aromatic rings. The zero-order chi connectivity index (χ0) is 15.5. The molecular weight excluding hydrogens is 280 g/mol. The number of carbonyl (C=O) groups excluding carboxylic acids is 2. The molecule has 2 amide bonds. The van der Waals surface area contributed by atoms with Crippen molar-refractivity contribution >= 4 is 17.9 Å². The number of nitrogens with one attached hydrogen (secondary N) is 1. The van der Waals surface area contributed by atoms with Gasteiger partial charge in [-0.2, -0.15) is 0 Å². The van der Waals surface area contributed by atoms with Crippen LogP contribution in [0.3, 0.4) is 0 Å². The summed E-state index contributed by atoms with van der Waals surface area (Å²) >= 11 is 0. The Bertz CT molecular complexity index is 586. The standard InChI is InChI=1S/C17H22N2O3/c1-12-4-7-15(22-12)8-9-16(20)19-10-2-3-13(11-19)17(21)18-14-5-6-14/h4,7-9,13-14H,2-3,5-6,10-11H2,1H3,(H,18,21). The van der Waals surface area contributed by atoms with Crippen molar-refractivity contribution in [3.05, 3.63) is 29.7 Å². The fraction of sp³-hybridized carbons (Fsp3) is 0.529. The minimum atomic E-state index is -0.0717. The normalized spacial score (nSPS) is 22.0. The van der Waals surface area contributed by atoms with Crippen molar-refractivity contribution in [2.75, 3.05) is 13.1 Å². The molecule has 0 radical (unpaired) electrons. The van der Waals surface area contributed by atoms with Crippen LogP contribution >= 0.6 is 0 Å². The first-order valence-electron chi connectivity index (χ1n) is 7.95. The van der Waals surface area contributed by atoms with Crippen LogP contribution in [-0.2, 0) is 9.59 Å². The Morgan fingerprint density at radius 1 is 1.32 bits per heavy atom. The summed E-state index contributed by atoms with van der Waals surface area (Å²) in [5.74, 6) is 1.47. The average molecular weight is 302 g/mol. The van der Waals surface area contributed by atoms with Crippen LogP contribution in [-0.4, -0.2) is 35.8 Å². The lowest BCUT2D eigenvalue weighted by Gasteiger charge is -2.31. The van der Waals surface area contributed by atoms with E-state index in [1.54, 1.807) is 11.0 Å². The first kappa shape index (κ1) is 14.9. The summed E-state index contributed by atoms with van der Waals surface area (Å²) < 4.78 is 5.41. The van der Waals surface area contributed by atoms with E-state index in [1.165, 1.54) is 6.08 Å². The third-order valence-electron chi connectivity index (χ3n) is 4.18. The molecule has 1 N–H and O–H groups in total. The summed E-state index contributed by atoms with van der Waals surface area (Å²) in [5, 5.41) is 3.03. The van der Waals surface area contributed by atoms with Gasteiger partial charge in [-0.25, -0.2) is 0 Å². The van der Waals surface area contributed by atoms with Gasteiger partial charge in [0.2, 0.25) is 11.8 Å². The maximum Gasteiger partial charge on any atom is 0.246 e. The van der Waals surface area contributed by atoms with Crippen molar-refractivity contribution in [1.82, 2.24) is 10.2 Å². The summed E-state index contributed by atoms with van der Waals surface area (Å²) in [7, 11) is 0. The Labute approximate surface area is 130 Å². The predicted octanol–water partition coefficient (Wildman–Crippen LogP) is 2.12. The van der Waals surface area contributed by atoms with Gasteiger partial charge in [-0.1, -0.05) is 0 Å². The van der Waals surface area contributed by atoms with E-state index in [4.69, 9.17) is 4.42 Å². The van der Waals surface area contributed by atoms with Crippen molar-refractivity contribution in [2.24, 2.45) is 5.92 Å². The fourth-order valence-corrected chi connectivity index (χ4v) is 2.74. The van der Waals surface area contributed by atoms with Gasteiger partial charge in [0, 0.05) is 25.2 Å². The topological polar surface area (TPSA) is 62.6 Å². The SMILES string of the molecule is Cc1ccc(C=CC(=O)N2CCCC(C(=O)NC3CC3)C2)o1. The van der Waals surface area contributed by atoms with E-state index < -0.39 is 0 Å². The molecule has 0 bridgehead atoms. The van der Waals surface area contributed by atoms with E-state index in [0.29, 0.717) is 24.9 Å². The quantitative estimate of drug-likeness (QED) is 0.867. The van der Waals surface area contributed by atoms with Crippen LogP contribution < -0.4 is 5.32 Å². The molecule has 1 saturated heterocycles. The molecule has 2 fully saturated rings. The predicted molar refractivity (Wildman–Crippen MR) is 82.9 cm³/mol. The third kappa shape index (κ3) is 3.78. The lowest BCUT2D eigenvalue weighted by molar-refractivity contribution is -0.132. The van der Waals surface area contributed by atoms with Crippen molar-refractivity contribution in [3.63, 3.8) is 0 Å². The van der Waals surface area contributed by atoms with E-state index in [-0.39, 0.29) is 17.7 Å². The maximum absolute atomic E-state index is 12.2. The number of furan rings is 1. The monoisotopic (exact) mass is 302 g/mol. The molecule has 5 heteroatoms. The Balaban J connectivity index is 1.55. The molecule has 118 valence electrons. The van der Waals surface area contributed by atoms with Crippen LogP contribution in [0.1, 0.15) is 37.2 Å². The van der Waals surface area contributed by atoms with E-state index in [9.17, 15) is 9.59 Å². The van der Waals surface area contributed by atoms with Gasteiger partial charge >= 0.3 is 0 Å². The largest absolute Gasteiger partial charge is 0.462 e. The van der Waals surface area contributed by atoms with Crippen LogP contribution in [0.4, 0.5) is 0 Å². The second kappa shape index (κ2) is 6.38.